The first-order valence-corrected chi connectivity index (χ1v) is 8.77. The number of rotatable bonds is 6. The van der Waals surface area contributed by atoms with Crippen LogP contribution >= 0.6 is 11.6 Å². The quantitative estimate of drug-likeness (QED) is 0.494. The number of ether oxygens (including phenoxy) is 1. The first-order valence-electron chi connectivity index (χ1n) is 8.39. The van der Waals surface area contributed by atoms with Crippen molar-refractivity contribution in [3.8, 4) is 17.1 Å². The van der Waals surface area contributed by atoms with Gasteiger partial charge in [0.2, 0.25) is 0 Å². The van der Waals surface area contributed by atoms with Crippen LogP contribution in [0.3, 0.4) is 0 Å². The zero-order chi connectivity index (χ0) is 19.2. The van der Waals surface area contributed by atoms with E-state index in [1.165, 1.54) is 6.21 Å². The molecule has 0 bridgehead atoms. The van der Waals surface area contributed by atoms with Gasteiger partial charge in [0, 0.05) is 10.6 Å². The molecule has 1 aromatic heterocycles. The molecule has 3 aromatic rings. The standard InChI is InChI=1S/C21H19ClN2O3/c1-14-3-4-15(2)20(11-14)26-13-21(25)24-23-12-18-9-10-19(27-18)16-5-7-17(22)8-6-16/h3-12H,13H2,1-2H3,(H,24,25). The number of benzene rings is 2. The third kappa shape index (κ3) is 5.21. The topological polar surface area (TPSA) is 63.8 Å². The smallest absolute Gasteiger partial charge is 0.277 e. The molecule has 27 heavy (non-hydrogen) atoms. The molecule has 0 saturated heterocycles. The number of carbonyl (C=O) groups is 1. The Morgan fingerprint density at radius 2 is 1.93 bits per heavy atom. The van der Waals surface area contributed by atoms with Gasteiger partial charge in [-0.2, -0.15) is 5.10 Å². The molecule has 0 spiro atoms. The fourth-order valence-electron chi connectivity index (χ4n) is 2.40. The Kier molecular flexibility index (Phi) is 5.94. The summed E-state index contributed by atoms with van der Waals surface area (Å²) in [4.78, 5) is 11.9. The highest BCUT2D eigenvalue weighted by molar-refractivity contribution is 6.30. The molecule has 138 valence electrons. The van der Waals surface area contributed by atoms with Gasteiger partial charge in [-0.3, -0.25) is 4.79 Å². The second-order valence-corrected chi connectivity index (χ2v) is 6.50. The van der Waals surface area contributed by atoms with Gasteiger partial charge in [-0.25, -0.2) is 5.43 Å². The number of nitrogens with zero attached hydrogens (tertiary/aromatic N) is 1. The van der Waals surface area contributed by atoms with E-state index in [1.54, 1.807) is 18.2 Å². The van der Waals surface area contributed by atoms with E-state index < -0.39 is 0 Å². The van der Waals surface area contributed by atoms with E-state index in [1.807, 2.05) is 50.2 Å². The van der Waals surface area contributed by atoms with Crippen LogP contribution in [0.5, 0.6) is 5.75 Å². The number of furan rings is 1. The van der Waals surface area contributed by atoms with Crippen molar-refractivity contribution in [2.75, 3.05) is 6.61 Å². The van der Waals surface area contributed by atoms with Gasteiger partial charge in [-0.15, -0.1) is 0 Å². The van der Waals surface area contributed by atoms with Gasteiger partial charge in [0.05, 0.1) is 6.21 Å². The highest BCUT2D eigenvalue weighted by Gasteiger charge is 2.06. The minimum Gasteiger partial charge on any atom is -0.483 e. The van der Waals surface area contributed by atoms with Crippen molar-refractivity contribution >= 4 is 23.7 Å². The number of carbonyl (C=O) groups excluding carboxylic acids is 1. The molecule has 5 nitrogen and oxygen atoms in total. The maximum Gasteiger partial charge on any atom is 0.277 e. The molecule has 0 aliphatic rings. The Bertz CT molecular complexity index is 962. The van der Waals surface area contributed by atoms with Crippen LogP contribution in [-0.4, -0.2) is 18.7 Å². The normalized spacial score (nSPS) is 10.9. The molecule has 0 aliphatic heterocycles. The molecular formula is C21H19ClN2O3. The summed E-state index contributed by atoms with van der Waals surface area (Å²) in [6.07, 6.45) is 1.44. The average Bonchev–Trinajstić information content (AvgIpc) is 3.12. The van der Waals surface area contributed by atoms with Crippen LogP contribution in [0, 0.1) is 13.8 Å². The van der Waals surface area contributed by atoms with E-state index >= 15 is 0 Å². The summed E-state index contributed by atoms with van der Waals surface area (Å²) < 4.78 is 11.2. The fraction of sp³-hybridized carbons (Fsp3) is 0.143. The third-order valence-corrected chi connectivity index (χ3v) is 4.09. The van der Waals surface area contributed by atoms with Gasteiger partial charge in [0.15, 0.2) is 6.61 Å². The van der Waals surface area contributed by atoms with Crippen LogP contribution in [0.25, 0.3) is 11.3 Å². The first kappa shape index (κ1) is 18.7. The van der Waals surface area contributed by atoms with Gasteiger partial charge in [0.25, 0.3) is 5.91 Å². The van der Waals surface area contributed by atoms with Crippen molar-refractivity contribution in [1.82, 2.24) is 5.43 Å². The largest absolute Gasteiger partial charge is 0.483 e. The number of hydrogen-bond acceptors (Lipinski definition) is 4. The Morgan fingerprint density at radius 3 is 2.70 bits per heavy atom. The summed E-state index contributed by atoms with van der Waals surface area (Å²) >= 11 is 5.88. The highest BCUT2D eigenvalue weighted by Crippen LogP contribution is 2.23. The van der Waals surface area contributed by atoms with Crippen LogP contribution in [0.2, 0.25) is 5.02 Å². The molecule has 0 saturated carbocycles. The number of aryl methyl sites for hydroxylation is 2. The lowest BCUT2D eigenvalue weighted by molar-refractivity contribution is -0.123. The van der Waals surface area contributed by atoms with Gasteiger partial charge < -0.3 is 9.15 Å². The Balaban J connectivity index is 1.52. The molecule has 2 aromatic carbocycles. The molecule has 0 unspecified atom stereocenters. The minimum atomic E-state index is -0.350. The maximum absolute atomic E-state index is 11.9. The predicted octanol–water partition coefficient (Wildman–Crippen LogP) is 4.75. The Morgan fingerprint density at radius 1 is 1.15 bits per heavy atom. The lowest BCUT2D eigenvalue weighted by Gasteiger charge is -2.08. The van der Waals surface area contributed by atoms with Gasteiger partial charge >= 0.3 is 0 Å². The number of hydrazone groups is 1. The van der Waals surface area contributed by atoms with Gasteiger partial charge in [0.1, 0.15) is 17.3 Å². The number of amides is 1. The molecule has 3 rings (SSSR count). The molecule has 0 radical (unpaired) electrons. The van der Waals surface area contributed by atoms with Crippen LogP contribution in [0.1, 0.15) is 16.9 Å². The minimum absolute atomic E-state index is 0.115. The molecule has 1 N–H and O–H groups in total. The van der Waals surface area contributed by atoms with Crippen molar-refractivity contribution in [2.24, 2.45) is 5.10 Å². The number of halogens is 1. The zero-order valence-electron chi connectivity index (χ0n) is 15.0. The summed E-state index contributed by atoms with van der Waals surface area (Å²) in [6, 6.07) is 16.8. The second kappa shape index (κ2) is 8.56. The van der Waals surface area contributed by atoms with E-state index in [0.29, 0.717) is 22.3 Å². The molecule has 1 heterocycles. The Hall–Kier alpha value is -3.05. The van der Waals surface area contributed by atoms with Crippen LogP contribution in [0.4, 0.5) is 0 Å². The van der Waals surface area contributed by atoms with Crippen molar-refractivity contribution < 1.29 is 13.9 Å². The lowest BCUT2D eigenvalue weighted by Crippen LogP contribution is -2.24. The van der Waals surface area contributed by atoms with E-state index in [0.717, 1.165) is 16.7 Å². The van der Waals surface area contributed by atoms with Crippen molar-refractivity contribution in [3.05, 3.63) is 76.5 Å². The summed E-state index contributed by atoms with van der Waals surface area (Å²) in [6.45, 7) is 3.79. The average molecular weight is 383 g/mol. The van der Waals surface area contributed by atoms with Gasteiger partial charge in [-0.1, -0.05) is 23.7 Å². The van der Waals surface area contributed by atoms with Crippen LogP contribution < -0.4 is 10.2 Å². The van der Waals surface area contributed by atoms with Gasteiger partial charge in [-0.05, 0) is 67.4 Å². The first-order chi connectivity index (χ1) is 13.0. The molecule has 1 amide bonds. The lowest BCUT2D eigenvalue weighted by atomic mass is 10.1. The monoisotopic (exact) mass is 382 g/mol. The molecule has 0 atom stereocenters. The SMILES string of the molecule is Cc1ccc(C)c(OCC(=O)NN=Cc2ccc(-c3ccc(Cl)cc3)o2)c1. The molecule has 0 fully saturated rings. The third-order valence-electron chi connectivity index (χ3n) is 3.84. The van der Waals surface area contributed by atoms with Crippen molar-refractivity contribution in [3.63, 3.8) is 0 Å². The van der Waals surface area contributed by atoms with Crippen molar-refractivity contribution in [2.45, 2.75) is 13.8 Å². The summed E-state index contributed by atoms with van der Waals surface area (Å²) in [5.41, 5.74) is 5.37. The fourth-order valence-corrected chi connectivity index (χ4v) is 2.52. The van der Waals surface area contributed by atoms with Crippen LogP contribution in [0.15, 0.2) is 64.1 Å². The zero-order valence-corrected chi connectivity index (χ0v) is 15.8. The summed E-state index contributed by atoms with van der Waals surface area (Å²) in [5.74, 6) is 1.55. The van der Waals surface area contributed by atoms with E-state index in [9.17, 15) is 4.79 Å². The highest BCUT2D eigenvalue weighted by atomic mass is 35.5. The summed E-state index contributed by atoms with van der Waals surface area (Å²) in [7, 11) is 0. The van der Waals surface area contributed by atoms with E-state index in [-0.39, 0.29) is 12.5 Å². The van der Waals surface area contributed by atoms with E-state index in [2.05, 4.69) is 10.5 Å². The number of nitrogens with one attached hydrogen (secondary N) is 1. The second-order valence-electron chi connectivity index (χ2n) is 6.06. The molecule has 0 aliphatic carbocycles. The predicted molar refractivity (Wildman–Crippen MR) is 106 cm³/mol. The molecular weight excluding hydrogens is 364 g/mol. The summed E-state index contributed by atoms with van der Waals surface area (Å²) in [5, 5.41) is 4.56. The Labute approximate surface area is 162 Å². The van der Waals surface area contributed by atoms with Crippen molar-refractivity contribution in [1.29, 1.82) is 0 Å². The van der Waals surface area contributed by atoms with E-state index in [4.69, 9.17) is 20.8 Å². The number of hydrogen-bond donors (Lipinski definition) is 1. The maximum atomic E-state index is 11.9. The van der Waals surface area contributed by atoms with Crippen LogP contribution in [-0.2, 0) is 4.79 Å². The molecule has 6 heteroatoms.